The molecule has 12 aromatic carbocycles. The lowest BCUT2D eigenvalue weighted by Gasteiger charge is -2.26. The number of rotatable bonds is 12. The smallest absolute Gasteiger partial charge is 0.0973 e. The molecule has 86 heavy (non-hydrogen) atoms. The molecule has 0 fully saturated rings. The normalized spacial score (nSPS) is 12.3. The van der Waals surface area contributed by atoms with E-state index < -0.39 is 0 Å². The molecule has 406 valence electrons. The van der Waals surface area contributed by atoms with E-state index in [1.807, 2.05) is 12.1 Å². The van der Waals surface area contributed by atoms with Crippen LogP contribution in [0.4, 0.5) is 34.1 Å². The fraction of sp³-hybridized carbons (Fsp3) is 0.0250. The molecule has 1 aliphatic rings. The maximum absolute atomic E-state index is 5.40. The Bertz CT molecular complexity index is 5070. The molecule has 6 nitrogen and oxygen atoms in total. The van der Waals surface area contributed by atoms with E-state index in [2.05, 4.69) is 322 Å². The van der Waals surface area contributed by atoms with Gasteiger partial charge in [-0.05, 0) is 181 Å². The van der Waals surface area contributed by atoms with Gasteiger partial charge in [0.25, 0.3) is 0 Å². The molecule has 15 aromatic rings. The summed E-state index contributed by atoms with van der Waals surface area (Å²) in [5.74, 6) is 0. The van der Waals surface area contributed by atoms with Gasteiger partial charge in [-0.25, -0.2) is 9.97 Å². The van der Waals surface area contributed by atoms with Gasteiger partial charge in [-0.3, -0.25) is 0 Å². The van der Waals surface area contributed by atoms with Gasteiger partial charge < -0.3 is 18.9 Å². The Morgan fingerprint density at radius 1 is 0.291 bits per heavy atom. The highest BCUT2D eigenvalue weighted by Crippen LogP contribution is 2.45. The monoisotopic (exact) mass is 1100 g/mol. The van der Waals surface area contributed by atoms with Crippen LogP contribution < -0.4 is 9.80 Å². The van der Waals surface area contributed by atoms with Crippen LogP contribution in [0, 0.1) is 0 Å². The van der Waals surface area contributed by atoms with Gasteiger partial charge in [0.15, 0.2) is 0 Å². The molecule has 0 aliphatic heterocycles. The van der Waals surface area contributed by atoms with Crippen molar-refractivity contribution in [3.05, 3.63) is 321 Å². The van der Waals surface area contributed by atoms with Gasteiger partial charge in [0.05, 0.1) is 44.5 Å². The predicted octanol–water partition coefficient (Wildman–Crippen LogP) is 21.5. The van der Waals surface area contributed by atoms with Crippen molar-refractivity contribution in [2.45, 2.75) is 12.8 Å². The lowest BCUT2D eigenvalue weighted by molar-refractivity contribution is 1.05. The number of benzene rings is 12. The number of aromatic nitrogens is 4. The van der Waals surface area contributed by atoms with Crippen LogP contribution in [0.2, 0.25) is 0 Å². The van der Waals surface area contributed by atoms with Crippen LogP contribution in [-0.4, -0.2) is 19.1 Å². The van der Waals surface area contributed by atoms with E-state index in [0.29, 0.717) is 0 Å². The van der Waals surface area contributed by atoms with Gasteiger partial charge >= 0.3 is 0 Å². The Labute approximate surface area is 499 Å². The summed E-state index contributed by atoms with van der Waals surface area (Å²) in [6, 6.07) is 107. The van der Waals surface area contributed by atoms with Crippen LogP contribution in [0.15, 0.2) is 315 Å². The number of allylic oxidation sites excluding steroid dienone is 4. The summed E-state index contributed by atoms with van der Waals surface area (Å²) in [7, 11) is 0. The first kappa shape index (κ1) is 50.4. The quantitative estimate of drug-likeness (QED) is 0.122. The molecular weight excluding hydrogens is 1040 g/mol. The fourth-order valence-corrected chi connectivity index (χ4v) is 12.9. The standard InChI is InChI=1S/C80H56N6/c1-7-21-55(22-8-1)59-39-47-75-69(51-59)71-53-67(45-49-77(71)85(75)63-29-15-5-16-30-63)83(61-25-11-3-12-26-61)65-41-35-57(36-42-65)79-80(82-74-34-20-19-33-73(74)81-79)58-37-43-66(44-38-58)84(62-27-13-4-14-28-62)68-46-50-78-72(54-68)70-52-60(56-23-9-2-10-24-56)40-48-76(70)86(78)64-31-17-6-18-32-64/h1-9,11-23,25-54H,10,24H2. The Kier molecular flexibility index (Phi) is 12.6. The Morgan fingerprint density at radius 2 is 0.651 bits per heavy atom. The second kappa shape index (κ2) is 21.4. The SMILES string of the molecule is C1=CCCC(c2ccc3c(c2)c2cc(N(c4ccccc4)c4ccc(-c5nc6ccccc6nc5-c5ccc(N(c6ccccc6)c6ccc7c(c6)c6cc(-c8ccccc8)ccc6n7-c6ccccc6)cc5)cc4)ccc2n3-c2ccccc2)=C1. The summed E-state index contributed by atoms with van der Waals surface area (Å²) in [6.07, 6.45) is 8.81. The average molecular weight is 1100 g/mol. The van der Waals surface area contributed by atoms with Crippen LogP contribution in [-0.2, 0) is 0 Å². The number of hydrogen-bond acceptors (Lipinski definition) is 4. The van der Waals surface area contributed by atoms with Crippen molar-refractivity contribution in [1.82, 2.24) is 19.1 Å². The second-order valence-electron chi connectivity index (χ2n) is 22.1. The average Bonchev–Trinajstić information content (AvgIpc) is 2.11. The van der Waals surface area contributed by atoms with Crippen molar-refractivity contribution >= 4 is 94.3 Å². The van der Waals surface area contributed by atoms with Gasteiger partial charge in [0.1, 0.15) is 0 Å². The van der Waals surface area contributed by atoms with Gasteiger partial charge in [-0.15, -0.1) is 0 Å². The molecule has 0 N–H and O–H groups in total. The predicted molar refractivity (Wildman–Crippen MR) is 360 cm³/mol. The molecule has 16 rings (SSSR count). The van der Waals surface area contributed by atoms with Crippen LogP contribution in [0.1, 0.15) is 18.4 Å². The third-order valence-corrected chi connectivity index (χ3v) is 16.9. The second-order valence-corrected chi connectivity index (χ2v) is 22.1. The first-order valence-corrected chi connectivity index (χ1v) is 29.5. The van der Waals surface area contributed by atoms with Crippen molar-refractivity contribution in [3.8, 4) is 45.0 Å². The van der Waals surface area contributed by atoms with E-state index in [-0.39, 0.29) is 0 Å². The van der Waals surface area contributed by atoms with E-state index in [1.54, 1.807) is 0 Å². The van der Waals surface area contributed by atoms with Gasteiger partial charge in [0, 0.05) is 78.2 Å². The minimum absolute atomic E-state index is 0.818. The zero-order valence-electron chi connectivity index (χ0n) is 47.1. The van der Waals surface area contributed by atoms with E-state index in [9.17, 15) is 0 Å². The lowest BCUT2D eigenvalue weighted by atomic mass is 9.96. The molecule has 3 aromatic heterocycles. The van der Waals surface area contributed by atoms with Crippen LogP contribution in [0.5, 0.6) is 0 Å². The minimum atomic E-state index is 0.818. The van der Waals surface area contributed by atoms with Crippen LogP contribution in [0.3, 0.4) is 0 Å². The Hall–Kier alpha value is -11.3. The van der Waals surface area contributed by atoms with Crippen LogP contribution in [0.25, 0.3) is 105 Å². The molecule has 0 spiro atoms. The van der Waals surface area contributed by atoms with Crippen molar-refractivity contribution in [3.63, 3.8) is 0 Å². The first-order valence-electron chi connectivity index (χ1n) is 29.5. The number of anilines is 6. The molecule has 0 saturated heterocycles. The zero-order chi connectivity index (χ0) is 56.9. The summed E-state index contributed by atoms with van der Waals surface area (Å²) in [6.45, 7) is 0. The van der Waals surface area contributed by atoms with Crippen molar-refractivity contribution in [1.29, 1.82) is 0 Å². The highest BCUT2D eigenvalue weighted by molar-refractivity contribution is 6.13. The van der Waals surface area contributed by atoms with E-state index >= 15 is 0 Å². The Morgan fingerprint density at radius 3 is 1.10 bits per heavy atom. The van der Waals surface area contributed by atoms with E-state index in [1.165, 1.54) is 54.8 Å². The number of para-hydroxylation sites is 6. The molecular formula is C80H56N6. The zero-order valence-corrected chi connectivity index (χ0v) is 47.1. The Balaban J connectivity index is 0.788. The molecule has 0 saturated carbocycles. The highest BCUT2D eigenvalue weighted by Gasteiger charge is 2.23. The lowest BCUT2D eigenvalue weighted by Crippen LogP contribution is -2.10. The largest absolute Gasteiger partial charge is 0.310 e. The first-order chi connectivity index (χ1) is 42.6. The summed E-state index contributed by atoms with van der Waals surface area (Å²) >= 11 is 0. The third-order valence-electron chi connectivity index (χ3n) is 16.9. The molecule has 3 heterocycles. The molecule has 1 aliphatic carbocycles. The molecule has 0 bridgehead atoms. The molecule has 6 heteroatoms. The van der Waals surface area contributed by atoms with Gasteiger partial charge in [-0.2, -0.15) is 0 Å². The topological polar surface area (TPSA) is 42.1 Å². The molecule has 0 radical (unpaired) electrons. The summed E-state index contributed by atoms with van der Waals surface area (Å²) in [4.78, 5) is 15.5. The molecule has 0 amide bonds. The van der Waals surface area contributed by atoms with Crippen molar-refractivity contribution in [2.24, 2.45) is 0 Å². The maximum Gasteiger partial charge on any atom is 0.0973 e. The molecule has 0 unspecified atom stereocenters. The van der Waals surface area contributed by atoms with Crippen LogP contribution >= 0.6 is 0 Å². The van der Waals surface area contributed by atoms with Gasteiger partial charge in [0.2, 0.25) is 0 Å². The minimum Gasteiger partial charge on any atom is -0.310 e. The maximum atomic E-state index is 5.40. The van der Waals surface area contributed by atoms with E-state index in [4.69, 9.17) is 9.97 Å². The van der Waals surface area contributed by atoms with E-state index in [0.717, 1.165) is 103 Å². The van der Waals surface area contributed by atoms with Crippen molar-refractivity contribution in [2.75, 3.05) is 9.80 Å². The highest BCUT2D eigenvalue weighted by atomic mass is 15.1. The number of hydrogen-bond donors (Lipinski definition) is 0. The van der Waals surface area contributed by atoms with Crippen molar-refractivity contribution < 1.29 is 0 Å². The third kappa shape index (κ3) is 9.00. The summed E-state index contributed by atoms with van der Waals surface area (Å²) < 4.78 is 4.79. The number of fused-ring (bicyclic) bond motifs is 7. The summed E-state index contributed by atoms with van der Waals surface area (Å²) in [5.41, 5.74) is 23.5. The van der Waals surface area contributed by atoms with Gasteiger partial charge in [-0.1, -0.05) is 170 Å². The number of nitrogens with zero attached hydrogens (tertiary/aromatic N) is 6. The molecule has 0 atom stereocenters. The summed E-state index contributed by atoms with van der Waals surface area (Å²) in [5, 5.41) is 4.81. The fourth-order valence-electron chi connectivity index (χ4n) is 12.9.